The molecule has 1 aliphatic heterocycles. The average molecular weight is 304 g/mol. The molecule has 5 nitrogen and oxygen atoms in total. The minimum atomic E-state index is -0.202. The molecule has 1 amide bonds. The normalized spacial score (nSPS) is 19.0. The summed E-state index contributed by atoms with van der Waals surface area (Å²) in [4.78, 5) is 12.2. The minimum Gasteiger partial charge on any atom is -0.454 e. The molecule has 1 saturated carbocycles. The molecule has 3 rings (SSSR count). The smallest absolute Gasteiger partial charge is 0.237 e. The van der Waals surface area contributed by atoms with Crippen molar-refractivity contribution >= 4 is 5.91 Å². The number of carbonyl (C=O) groups excluding carboxylic acids is 1. The topological polar surface area (TPSA) is 59.6 Å². The number of amides is 1. The molecule has 1 aliphatic carbocycles. The van der Waals surface area contributed by atoms with E-state index in [0.717, 1.165) is 29.9 Å². The van der Waals surface area contributed by atoms with Crippen LogP contribution in [0.3, 0.4) is 0 Å². The van der Waals surface area contributed by atoms with Crippen LogP contribution in [0.1, 0.15) is 44.6 Å². The zero-order chi connectivity index (χ0) is 15.4. The van der Waals surface area contributed by atoms with E-state index < -0.39 is 0 Å². The zero-order valence-corrected chi connectivity index (χ0v) is 13.1. The van der Waals surface area contributed by atoms with Gasteiger partial charge in [-0.1, -0.05) is 25.3 Å². The van der Waals surface area contributed by atoms with Gasteiger partial charge in [-0.25, -0.2) is 0 Å². The molecular formula is C17H24N2O3. The third-order valence-electron chi connectivity index (χ3n) is 4.39. The predicted octanol–water partition coefficient (Wildman–Crippen LogP) is 2.34. The van der Waals surface area contributed by atoms with E-state index in [-0.39, 0.29) is 18.7 Å². The molecule has 120 valence electrons. The Labute approximate surface area is 131 Å². The fraction of sp³-hybridized carbons (Fsp3) is 0.588. The van der Waals surface area contributed by atoms with Gasteiger partial charge >= 0.3 is 0 Å². The van der Waals surface area contributed by atoms with E-state index in [4.69, 9.17) is 9.47 Å². The standard InChI is InChI=1S/C17H24N2O3/c1-12(17(20)19-14-5-3-2-4-6-14)18-10-13-7-8-15-16(9-13)22-11-21-15/h7-9,12,14,18H,2-6,10-11H2,1H3,(H,19,20)/t12-/m0/s1. The number of fused-ring (bicyclic) bond motifs is 1. The highest BCUT2D eigenvalue weighted by molar-refractivity contribution is 5.81. The van der Waals surface area contributed by atoms with E-state index in [0.29, 0.717) is 12.6 Å². The molecule has 22 heavy (non-hydrogen) atoms. The summed E-state index contributed by atoms with van der Waals surface area (Å²) in [6, 6.07) is 6.02. The van der Waals surface area contributed by atoms with Crippen molar-refractivity contribution in [1.29, 1.82) is 0 Å². The highest BCUT2D eigenvalue weighted by atomic mass is 16.7. The first-order chi connectivity index (χ1) is 10.7. The second-order valence-corrected chi connectivity index (χ2v) is 6.13. The van der Waals surface area contributed by atoms with Crippen molar-refractivity contribution < 1.29 is 14.3 Å². The van der Waals surface area contributed by atoms with E-state index in [2.05, 4.69) is 10.6 Å². The number of nitrogens with one attached hydrogen (secondary N) is 2. The van der Waals surface area contributed by atoms with Crippen LogP contribution in [0.4, 0.5) is 0 Å². The Kier molecular flexibility index (Phi) is 4.83. The number of ether oxygens (including phenoxy) is 2. The number of hydrogen-bond donors (Lipinski definition) is 2. The maximum absolute atomic E-state index is 12.2. The molecule has 1 fully saturated rings. The lowest BCUT2D eigenvalue weighted by atomic mass is 9.95. The largest absolute Gasteiger partial charge is 0.454 e. The van der Waals surface area contributed by atoms with Crippen LogP contribution < -0.4 is 20.1 Å². The monoisotopic (exact) mass is 304 g/mol. The zero-order valence-electron chi connectivity index (χ0n) is 13.1. The summed E-state index contributed by atoms with van der Waals surface area (Å²) >= 11 is 0. The van der Waals surface area contributed by atoms with Crippen molar-refractivity contribution in [2.45, 2.75) is 57.7 Å². The summed E-state index contributed by atoms with van der Waals surface area (Å²) in [6.07, 6.45) is 5.97. The summed E-state index contributed by atoms with van der Waals surface area (Å²) < 4.78 is 10.7. The maximum atomic E-state index is 12.2. The molecule has 1 aromatic rings. The van der Waals surface area contributed by atoms with Gasteiger partial charge in [0.1, 0.15) is 0 Å². The van der Waals surface area contributed by atoms with E-state index in [1.165, 1.54) is 19.3 Å². The van der Waals surface area contributed by atoms with E-state index >= 15 is 0 Å². The van der Waals surface area contributed by atoms with Gasteiger partial charge in [-0.3, -0.25) is 4.79 Å². The second-order valence-electron chi connectivity index (χ2n) is 6.13. The van der Waals surface area contributed by atoms with Crippen LogP contribution in [0.2, 0.25) is 0 Å². The lowest BCUT2D eigenvalue weighted by molar-refractivity contribution is -0.123. The fourth-order valence-electron chi connectivity index (χ4n) is 2.99. The summed E-state index contributed by atoms with van der Waals surface area (Å²) in [7, 11) is 0. The lowest BCUT2D eigenvalue weighted by Gasteiger charge is -2.24. The Morgan fingerprint density at radius 3 is 2.82 bits per heavy atom. The van der Waals surface area contributed by atoms with Gasteiger partial charge in [-0.05, 0) is 37.5 Å². The van der Waals surface area contributed by atoms with Crippen LogP contribution in [0.25, 0.3) is 0 Å². The van der Waals surface area contributed by atoms with Gasteiger partial charge in [-0.15, -0.1) is 0 Å². The van der Waals surface area contributed by atoms with Gasteiger partial charge in [0.15, 0.2) is 11.5 Å². The third kappa shape index (κ3) is 3.71. The lowest BCUT2D eigenvalue weighted by Crippen LogP contribution is -2.46. The molecule has 0 spiro atoms. The van der Waals surface area contributed by atoms with Crippen molar-refractivity contribution in [3.8, 4) is 11.5 Å². The van der Waals surface area contributed by atoms with E-state index in [9.17, 15) is 4.79 Å². The van der Waals surface area contributed by atoms with Gasteiger partial charge in [-0.2, -0.15) is 0 Å². The Balaban J connectivity index is 1.47. The Morgan fingerprint density at radius 2 is 2.00 bits per heavy atom. The van der Waals surface area contributed by atoms with Gasteiger partial charge in [0, 0.05) is 12.6 Å². The second kappa shape index (κ2) is 7.01. The van der Waals surface area contributed by atoms with Gasteiger partial charge in [0.25, 0.3) is 0 Å². The van der Waals surface area contributed by atoms with Crippen molar-refractivity contribution in [3.05, 3.63) is 23.8 Å². The van der Waals surface area contributed by atoms with E-state index in [1.807, 2.05) is 25.1 Å². The van der Waals surface area contributed by atoms with Crippen LogP contribution in [0.5, 0.6) is 11.5 Å². The molecule has 0 saturated heterocycles. The van der Waals surface area contributed by atoms with Crippen molar-refractivity contribution in [2.24, 2.45) is 0 Å². The molecule has 2 N–H and O–H groups in total. The number of rotatable bonds is 5. The fourth-order valence-corrected chi connectivity index (χ4v) is 2.99. The van der Waals surface area contributed by atoms with Gasteiger partial charge in [0.2, 0.25) is 12.7 Å². The van der Waals surface area contributed by atoms with Crippen molar-refractivity contribution in [3.63, 3.8) is 0 Å². The molecule has 0 bridgehead atoms. The van der Waals surface area contributed by atoms with E-state index in [1.54, 1.807) is 0 Å². The first-order valence-electron chi connectivity index (χ1n) is 8.14. The SMILES string of the molecule is C[C@H](NCc1ccc2c(c1)OCO2)C(=O)NC1CCCCC1. The number of carbonyl (C=O) groups is 1. The first-order valence-corrected chi connectivity index (χ1v) is 8.14. The first kappa shape index (κ1) is 15.2. The van der Waals surface area contributed by atoms with Crippen LogP contribution in [0.15, 0.2) is 18.2 Å². The average Bonchev–Trinajstić information content (AvgIpc) is 3.01. The molecule has 2 aliphatic rings. The summed E-state index contributed by atoms with van der Waals surface area (Å²) in [6.45, 7) is 2.83. The number of hydrogen-bond acceptors (Lipinski definition) is 4. The maximum Gasteiger partial charge on any atom is 0.237 e. The van der Waals surface area contributed by atoms with Crippen LogP contribution in [-0.4, -0.2) is 24.8 Å². The predicted molar refractivity (Wildman–Crippen MR) is 83.9 cm³/mol. The summed E-state index contributed by atoms with van der Waals surface area (Å²) in [5.41, 5.74) is 1.08. The Morgan fingerprint density at radius 1 is 1.23 bits per heavy atom. The molecule has 1 heterocycles. The number of benzene rings is 1. The van der Waals surface area contributed by atoms with Gasteiger partial charge in [0.05, 0.1) is 6.04 Å². The summed E-state index contributed by atoms with van der Waals surface area (Å²) in [5.74, 6) is 1.65. The highest BCUT2D eigenvalue weighted by Gasteiger charge is 2.19. The Hall–Kier alpha value is -1.75. The molecule has 0 unspecified atom stereocenters. The molecule has 1 atom stereocenters. The molecule has 1 aromatic carbocycles. The van der Waals surface area contributed by atoms with Crippen molar-refractivity contribution in [2.75, 3.05) is 6.79 Å². The van der Waals surface area contributed by atoms with Gasteiger partial charge < -0.3 is 20.1 Å². The minimum absolute atomic E-state index is 0.0904. The third-order valence-corrected chi connectivity index (χ3v) is 4.39. The van der Waals surface area contributed by atoms with Crippen molar-refractivity contribution in [1.82, 2.24) is 10.6 Å². The molecule has 0 radical (unpaired) electrons. The molecular weight excluding hydrogens is 280 g/mol. The Bertz CT molecular complexity index is 527. The van der Waals surface area contributed by atoms with Crippen LogP contribution in [-0.2, 0) is 11.3 Å². The van der Waals surface area contributed by atoms with Crippen LogP contribution >= 0.6 is 0 Å². The molecule has 5 heteroatoms. The summed E-state index contributed by atoms with van der Waals surface area (Å²) in [5, 5.41) is 6.42. The highest BCUT2D eigenvalue weighted by Crippen LogP contribution is 2.32. The molecule has 0 aromatic heterocycles. The van der Waals surface area contributed by atoms with Crippen LogP contribution in [0, 0.1) is 0 Å². The quantitative estimate of drug-likeness (QED) is 0.876.